The monoisotopic (exact) mass is 494 g/mol. The van der Waals surface area contributed by atoms with Crippen molar-refractivity contribution in [1.82, 2.24) is 34.6 Å². The summed E-state index contributed by atoms with van der Waals surface area (Å²) in [4.78, 5) is 26.7. The van der Waals surface area contributed by atoms with E-state index in [2.05, 4.69) is 25.4 Å². The molecule has 0 atom stereocenters. The maximum Gasteiger partial charge on any atom is 0.311 e. The molecule has 2 aromatic carbocycles. The first-order valence-electron chi connectivity index (χ1n) is 10.1. The molecule has 0 spiro atoms. The zero-order valence-electron chi connectivity index (χ0n) is 18.0. The zero-order valence-corrected chi connectivity index (χ0v) is 18.8. The Morgan fingerprint density at radius 2 is 1.97 bits per heavy atom. The van der Waals surface area contributed by atoms with Gasteiger partial charge in [0.1, 0.15) is 11.5 Å². The number of carbonyl (C=O) groups excluding carboxylic acids is 1. The second-order valence-electron chi connectivity index (χ2n) is 7.28. The number of nitrogens with zero attached hydrogens (tertiary/aromatic N) is 8. The van der Waals surface area contributed by atoms with Crippen LogP contribution in [0, 0.1) is 15.9 Å². The number of benzene rings is 2. The molecule has 14 heteroatoms. The van der Waals surface area contributed by atoms with Crippen molar-refractivity contribution in [1.29, 1.82) is 0 Å². The van der Waals surface area contributed by atoms with E-state index in [-0.39, 0.29) is 17.9 Å². The molecule has 0 fully saturated rings. The average molecular weight is 494 g/mol. The number of nitro benzene ring substituents is 1. The van der Waals surface area contributed by atoms with E-state index in [0.717, 1.165) is 5.56 Å². The zero-order chi connectivity index (χ0) is 24.5. The lowest BCUT2D eigenvalue weighted by molar-refractivity contribution is -0.384. The summed E-state index contributed by atoms with van der Waals surface area (Å²) in [5.41, 5.74) is 2.20. The quantitative estimate of drug-likeness (QED) is 0.143. The molecule has 176 valence electrons. The summed E-state index contributed by atoms with van der Waals surface area (Å²) in [6.45, 7) is 0. The van der Waals surface area contributed by atoms with E-state index in [1.807, 2.05) is 0 Å². The van der Waals surface area contributed by atoms with Crippen molar-refractivity contribution in [2.45, 2.75) is 17.3 Å². The van der Waals surface area contributed by atoms with Crippen LogP contribution < -0.4 is 0 Å². The molecule has 0 saturated heterocycles. The van der Waals surface area contributed by atoms with Gasteiger partial charge in [-0.3, -0.25) is 14.9 Å². The Morgan fingerprint density at radius 1 is 1.17 bits per heavy atom. The fourth-order valence-electron chi connectivity index (χ4n) is 3.36. The van der Waals surface area contributed by atoms with Crippen LogP contribution >= 0.6 is 11.8 Å². The number of hydrogen-bond donors (Lipinski definition) is 0. The van der Waals surface area contributed by atoms with E-state index >= 15 is 0 Å². The van der Waals surface area contributed by atoms with Gasteiger partial charge in [0.2, 0.25) is 5.16 Å². The minimum Gasteiger partial charge on any atom is -0.469 e. The normalized spacial score (nSPS) is 11.3. The number of aromatic nitrogens is 7. The van der Waals surface area contributed by atoms with Crippen LogP contribution in [0.5, 0.6) is 0 Å². The Labute approximate surface area is 199 Å². The predicted molar refractivity (Wildman–Crippen MR) is 122 cm³/mol. The van der Waals surface area contributed by atoms with Gasteiger partial charge in [0.15, 0.2) is 11.2 Å². The number of thioether (sulfide) groups is 1. The van der Waals surface area contributed by atoms with Gasteiger partial charge < -0.3 is 4.74 Å². The first-order valence-corrected chi connectivity index (χ1v) is 11.1. The molecule has 0 aliphatic carbocycles. The highest BCUT2D eigenvalue weighted by Crippen LogP contribution is 2.25. The second kappa shape index (κ2) is 9.06. The van der Waals surface area contributed by atoms with Crippen LogP contribution in [-0.4, -0.2) is 52.6 Å². The summed E-state index contributed by atoms with van der Waals surface area (Å²) in [6.07, 6.45) is -0.161. The van der Waals surface area contributed by atoms with Crippen LogP contribution in [0.25, 0.3) is 22.6 Å². The molecule has 5 rings (SSSR count). The van der Waals surface area contributed by atoms with Gasteiger partial charge >= 0.3 is 5.97 Å². The smallest absolute Gasteiger partial charge is 0.311 e. The predicted octanol–water partition coefficient (Wildman–Crippen LogP) is 2.91. The molecule has 0 bridgehead atoms. The van der Waals surface area contributed by atoms with E-state index in [1.165, 1.54) is 58.4 Å². The van der Waals surface area contributed by atoms with Crippen LogP contribution in [0.3, 0.4) is 0 Å². The van der Waals surface area contributed by atoms with Gasteiger partial charge in [-0.15, -0.1) is 15.3 Å². The highest BCUT2D eigenvalue weighted by Gasteiger charge is 2.22. The van der Waals surface area contributed by atoms with Crippen molar-refractivity contribution < 1.29 is 18.8 Å². The maximum absolute atomic E-state index is 14.0. The van der Waals surface area contributed by atoms with Crippen molar-refractivity contribution in [2.75, 3.05) is 7.11 Å². The van der Waals surface area contributed by atoms with E-state index in [1.54, 1.807) is 18.2 Å². The first-order chi connectivity index (χ1) is 16.9. The molecule has 0 unspecified atom stereocenters. The Hall–Kier alpha value is -4.46. The lowest BCUT2D eigenvalue weighted by Crippen LogP contribution is -2.06. The molecule has 0 aliphatic heterocycles. The van der Waals surface area contributed by atoms with Crippen LogP contribution in [0.4, 0.5) is 10.1 Å². The molecule has 0 saturated carbocycles. The lowest BCUT2D eigenvalue weighted by atomic mass is 10.2. The molecular formula is C21H15FN8O4S. The molecule has 0 N–H and O–H groups in total. The molecule has 0 radical (unpaired) electrons. The number of hydrogen-bond acceptors (Lipinski definition) is 10. The van der Waals surface area contributed by atoms with Crippen LogP contribution in [0.1, 0.15) is 11.3 Å². The third-order valence-corrected chi connectivity index (χ3v) is 5.93. The minimum atomic E-state index is -0.518. The van der Waals surface area contributed by atoms with Crippen molar-refractivity contribution in [3.05, 3.63) is 75.7 Å². The molecule has 12 nitrogen and oxygen atoms in total. The molecule has 5 aromatic rings. The van der Waals surface area contributed by atoms with Gasteiger partial charge in [-0.1, -0.05) is 30.0 Å². The second-order valence-corrected chi connectivity index (χ2v) is 8.22. The van der Waals surface area contributed by atoms with E-state index in [9.17, 15) is 19.3 Å². The number of nitro groups is 1. The number of rotatable bonds is 7. The Balaban J connectivity index is 1.55. The number of ether oxygens (including phenoxy) is 1. The summed E-state index contributed by atoms with van der Waals surface area (Å²) < 4.78 is 21.6. The van der Waals surface area contributed by atoms with Crippen LogP contribution in [0.2, 0.25) is 0 Å². The van der Waals surface area contributed by atoms with Crippen molar-refractivity contribution in [2.24, 2.45) is 0 Å². The van der Waals surface area contributed by atoms with Gasteiger partial charge in [-0.25, -0.2) is 9.07 Å². The number of carbonyl (C=O) groups is 1. The maximum atomic E-state index is 14.0. The van der Waals surface area contributed by atoms with E-state index in [0.29, 0.717) is 33.5 Å². The molecule has 3 aromatic heterocycles. The third kappa shape index (κ3) is 4.38. The van der Waals surface area contributed by atoms with Crippen molar-refractivity contribution in [3.63, 3.8) is 0 Å². The standard InChI is InChI=1S/C21H15FN8O4S/c1-34-17(31)10-16-18-19(28(26-16)15-4-2-3-13(22)9-15)29-20(25-24-18)23-21(27-29)35-11-12-5-7-14(8-6-12)30(32)33/h2-9H,10-11H2,1H3. The average Bonchev–Trinajstić information content (AvgIpc) is 3.44. The van der Waals surface area contributed by atoms with E-state index in [4.69, 9.17) is 4.74 Å². The Morgan fingerprint density at radius 3 is 2.69 bits per heavy atom. The number of halogens is 1. The number of esters is 1. The fraction of sp³-hybridized carbons (Fsp3) is 0.143. The van der Waals surface area contributed by atoms with Gasteiger partial charge in [-0.2, -0.15) is 14.6 Å². The lowest BCUT2D eigenvalue weighted by Gasteiger charge is -2.03. The van der Waals surface area contributed by atoms with E-state index < -0.39 is 16.7 Å². The minimum absolute atomic E-state index is 0.00985. The number of fused-ring (bicyclic) bond motifs is 3. The van der Waals surface area contributed by atoms with Gasteiger partial charge in [0.05, 0.1) is 24.1 Å². The van der Waals surface area contributed by atoms with Crippen LogP contribution in [0.15, 0.2) is 53.7 Å². The van der Waals surface area contributed by atoms with Gasteiger partial charge in [0.25, 0.3) is 11.5 Å². The summed E-state index contributed by atoms with van der Waals surface area (Å²) in [5.74, 6) is -0.333. The molecule has 0 amide bonds. The summed E-state index contributed by atoms with van der Waals surface area (Å²) >= 11 is 1.30. The molecule has 3 heterocycles. The highest BCUT2D eigenvalue weighted by atomic mass is 32.2. The highest BCUT2D eigenvalue weighted by molar-refractivity contribution is 7.98. The summed E-state index contributed by atoms with van der Waals surface area (Å²) in [7, 11) is 1.27. The summed E-state index contributed by atoms with van der Waals surface area (Å²) in [6, 6.07) is 12.0. The Bertz CT molecular complexity index is 1580. The van der Waals surface area contributed by atoms with Crippen molar-refractivity contribution in [3.8, 4) is 5.69 Å². The number of non-ortho nitro benzene ring substituents is 1. The fourth-order valence-corrected chi connectivity index (χ4v) is 4.14. The van der Waals surface area contributed by atoms with Gasteiger partial charge in [0, 0.05) is 17.9 Å². The first kappa shape index (κ1) is 22.3. The third-order valence-electron chi connectivity index (χ3n) is 5.02. The summed E-state index contributed by atoms with van der Waals surface area (Å²) in [5, 5.41) is 28.5. The largest absolute Gasteiger partial charge is 0.469 e. The topological polar surface area (TPSA) is 143 Å². The molecule has 35 heavy (non-hydrogen) atoms. The van der Waals surface area contributed by atoms with Crippen molar-refractivity contribution >= 4 is 40.4 Å². The molecular weight excluding hydrogens is 479 g/mol. The Kier molecular flexibility index (Phi) is 5.78. The van der Waals surface area contributed by atoms with Crippen LogP contribution in [-0.2, 0) is 21.7 Å². The molecule has 0 aliphatic rings. The number of methoxy groups -OCH3 is 1. The SMILES string of the molecule is COC(=O)Cc1nn(-c2cccc(F)c2)c2c1nnc1nc(SCc3ccc([N+](=O)[O-])cc3)nn12. The van der Waals surface area contributed by atoms with Gasteiger partial charge in [-0.05, 0) is 23.8 Å².